The van der Waals surface area contributed by atoms with Crippen molar-refractivity contribution in [2.45, 2.75) is 25.9 Å². The smallest absolute Gasteiger partial charge is 0.242 e. The Balaban J connectivity index is 1.85. The zero-order valence-corrected chi connectivity index (χ0v) is 13.0. The van der Waals surface area contributed by atoms with Crippen LogP contribution in [0.25, 0.3) is 0 Å². The third-order valence-electron chi connectivity index (χ3n) is 3.94. The maximum Gasteiger partial charge on any atom is 0.242 e. The Morgan fingerprint density at radius 1 is 1.30 bits per heavy atom. The molecule has 0 saturated carbocycles. The molecule has 1 aliphatic rings. The summed E-state index contributed by atoms with van der Waals surface area (Å²) >= 11 is 0. The molecule has 5 nitrogen and oxygen atoms in total. The number of halogens is 1. The number of carbonyl (C=O) groups excluding carboxylic acids is 1. The summed E-state index contributed by atoms with van der Waals surface area (Å²) < 4.78 is 13.1. The van der Waals surface area contributed by atoms with E-state index in [0.29, 0.717) is 13.1 Å². The number of carbonyl (C=O) groups is 1. The fourth-order valence-corrected chi connectivity index (χ4v) is 2.80. The third kappa shape index (κ3) is 3.53. The SMILES string of the molecule is CCc1nccc(CN2CCNC(=O)C2c2ccc(F)cc2)n1. The van der Waals surface area contributed by atoms with E-state index in [2.05, 4.69) is 20.2 Å². The predicted molar refractivity (Wildman–Crippen MR) is 84.0 cm³/mol. The molecule has 0 bridgehead atoms. The summed E-state index contributed by atoms with van der Waals surface area (Å²) in [4.78, 5) is 23.1. The normalized spacial score (nSPS) is 18.7. The molecule has 1 saturated heterocycles. The van der Waals surface area contributed by atoms with Gasteiger partial charge in [0.2, 0.25) is 5.91 Å². The van der Waals surface area contributed by atoms with Crippen molar-refractivity contribution >= 4 is 5.91 Å². The fourth-order valence-electron chi connectivity index (χ4n) is 2.80. The summed E-state index contributed by atoms with van der Waals surface area (Å²) in [6.07, 6.45) is 2.52. The molecule has 2 heterocycles. The first-order valence-corrected chi connectivity index (χ1v) is 7.75. The standard InChI is InChI=1S/C17H19FN4O/c1-2-15-19-8-7-14(21-15)11-22-10-9-20-17(23)16(22)12-3-5-13(18)6-4-12/h3-8,16H,2,9-11H2,1H3,(H,20,23). The van der Waals surface area contributed by atoms with Gasteiger partial charge in [0.15, 0.2) is 0 Å². The summed E-state index contributed by atoms with van der Waals surface area (Å²) in [6.45, 7) is 3.89. The van der Waals surface area contributed by atoms with Crippen LogP contribution in [-0.2, 0) is 17.8 Å². The molecule has 0 radical (unpaired) electrons. The number of piperazine rings is 1. The molecular weight excluding hydrogens is 295 g/mol. The number of hydrogen-bond acceptors (Lipinski definition) is 4. The Morgan fingerprint density at radius 3 is 2.83 bits per heavy atom. The van der Waals surface area contributed by atoms with Crippen molar-refractivity contribution in [2.75, 3.05) is 13.1 Å². The molecular formula is C17H19FN4O. The highest BCUT2D eigenvalue weighted by Crippen LogP contribution is 2.25. The van der Waals surface area contributed by atoms with E-state index in [1.54, 1.807) is 18.3 Å². The largest absolute Gasteiger partial charge is 0.353 e. The van der Waals surface area contributed by atoms with Crippen molar-refractivity contribution in [3.63, 3.8) is 0 Å². The quantitative estimate of drug-likeness (QED) is 0.936. The number of nitrogens with zero attached hydrogens (tertiary/aromatic N) is 3. The molecule has 1 aliphatic heterocycles. The van der Waals surface area contributed by atoms with E-state index in [1.165, 1.54) is 12.1 Å². The lowest BCUT2D eigenvalue weighted by Crippen LogP contribution is -2.49. The summed E-state index contributed by atoms with van der Waals surface area (Å²) in [5.74, 6) is 0.426. The number of aromatic nitrogens is 2. The van der Waals surface area contributed by atoms with Gasteiger partial charge in [-0.2, -0.15) is 0 Å². The molecule has 1 unspecified atom stereocenters. The zero-order chi connectivity index (χ0) is 16.2. The van der Waals surface area contributed by atoms with Crippen molar-refractivity contribution in [1.29, 1.82) is 0 Å². The average molecular weight is 314 g/mol. The Kier molecular flexibility index (Phi) is 4.62. The number of aryl methyl sites for hydroxylation is 1. The van der Waals surface area contributed by atoms with Crippen LogP contribution >= 0.6 is 0 Å². The van der Waals surface area contributed by atoms with Crippen LogP contribution in [-0.4, -0.2) is 33.9 Å². The summed E-state index contributed by atoms with van der Waals surface area (Å²) in [6, 6.07) is 7.53. The lowest BCUT2D eigenvalue weighted by atomic mass is 10.0. The van der Waals surface area contributed by atoms with Crippen LogP contribution in [0.2, 0.25) is 0 Å². The fraction of sp³-hybridized carbons (Fsp3) is 0.353. The highest BCUT2D eigenvalue weighted by atomic mass is 19.1. The first-order chi connectivity index (χ1) is 11.2. The van der Waals surface area contributed by atoms with Gasteiger partial charge < -0.3 is 5.32 Å². The van der Waals surface area contributed by atoms with Crippen LogP contribution in [0.15, 0.2) is 36.5 Å². The Labute approximate surface area is 134 Å². The van der Waals surface area contributed by atoms with Crippen molar-refractivity contribution < 1.29 is 9.18 Å². The van der Waals surface area contributed by atoms with E-state index in [9.17, 15) is 9.18 Å². The molecule has 1 aromatic heterocycles. The minimum Gasteiger partial charge on any atom is -0.353 e. The van der Waals surface area contributed by atoms with Crippen LogP contribution in [0, 0.1) is 5.82 Å². The average Bonchev–Trinajstić information content (AvgIpc) is 2.56. The van der Waals surface area contributed by atoms with E-state index >= 15 is 0 Å². The molecule has 6 heteroatoms. The van der Waals surface area contributed by atoms with Crippen LogP contribution in [0.4, 0.5) is 4.39 Å². The zero-order valence-electron chi connectivity index (χ0n) is 13.0. The molecule has 120 valence electrons. The van der Waals surface area contributed by atoms with Gasteiger partial charge in [-0.3, -0.25) is 9.69 Å². The van der Waals surface area contributed by atoms with Crippen molar-refractivity contribution in [3.8, 4) is 0 Å². The van der Waals surface area contributed by atoms with Crippen LogP contribution in [0.5, 0.6) is 0 Å². The van der Waals surface area contributed by atoms with Crippen molar-refractivity contribution in [1.82, 2.24) is 20.2 Å². The van der Waals surface area contributed by atoms with Gasteiger partial charge in [0, 0.05) is 32.3 Å². The Hall–Kier alpha value is -2.34. The maximum atomic E-state index is 13.1. The summed E-state index contributed by atoms with van der Waals surface area (Å²) in [5.41, 5.74) is 1.67. The van der Waals surface area contributed by atoms with Crippen molar-refractivity contribution in [3.05, 3.63) is 59.4 Å². The van der Waals surface area contributed by atoms with Gasteiger partial charge in [-0.1, -0.05) is 19.1 Å². The van der Waals surface area contributed by atoms with Gasteiger partial charge >= 0.3 is 0 Å². The van der Waals surface area contributed by atoms with Gasteiger partial charge in [-0.25, -0.2) is 14.4 Å². The minimum absolute atomic E-state index is 0.0624. The van der Waals surface area contributed by atoms with Gasteiger partial charge in [0.05, 0.1) is 5.69 Å². The summed E-state index contributed by atoms with van der Waals surface area (Å²) in [7, 11) is 0. The molecule has 23 heavy (non-hydrogen) atoms. The lowest BCUT2D eigenvalue weighted by Gasteiger charge is -2.35. The summed E-state index contributed by atoms with van der Waals surface area (Å²) in [5, 5.41) is 2.88. The Bertz CT molecular complexity index is 689. The monoisotopic (exact) mass is 314 g/mol. The molecule has 1 aromatic carbocycles. The van der Waals surface area contributed by atoms with E-state index in [-0.39, 0.29) is 11.7 Å². The number of hydrogen-bond donors (Lipinski definition) is 1. The van der Waals surface area contributed by atoms with Gasteiger partial charge in [-0.05, 0) is 23.8 Å². The molecule has 1 atom stereocenters. The van der Waals surface area contributed by atoms with E-state index in [4.69, 9.17) is 0 Å². The number of benzene rings is 1. The number of rotatable bonds is 4. The highest BCUT2D eigenvalue weighted by molar-refractivity contribution is 5.83. The molecule has 1 N–H and O–H groups in total. The van der Waals surface area contributed by atoms with Crippen molar-refractivity contribution in [2.24, 2.45) is 0 Å². The molecule has 3 rings (SSSR count). The van der Waals surface area contributed by atoms with Gasteiger partial charge in [0.1, 0.15) is 17.7 Å². The second-order valence-electron chi connectivity index (χ2n) is 5.53. The first-order valence-electron chi connectivity index (χ1n) is 7.75. The van der Waals surface area contributed by atoms with Crippen LogP contribution < -0.4 is 5.32 Å². The molecule has 1 fully saturated rings. The minimum atomic E-state index is -0.426. The highest BCUT2D eigenvalue weighted by Gasteiger charge is 2.31. The van der Waals surface area contributed by atoms with Crippen LogP contribution in [0.3, 0.4) is 0 Å². The maximum absolute atomic E-state index is 13.1. The van der Waals surface area contributed by atoms with Gasteiger partial charge in [0.25, 0.3) is 0 Å². The topological polar surface area (TPSA) is 58.1 Å². The third-order valence-corrected chi connectivity index (χ3v) is 3.94. The molecule has 2 aromatic rings. The lowest BCUT2D eigenvalue weighted by molar-refractivity contribution is -0.129. The predicted octanol–water partition coefficient (Wildman–Crippen LogP) is 1.85. The first kappa shape index (κ1) is 15.6. The Morgan fingerprint density at radius 2 is 2.09 bits per heavy atom. The number of amides is 1. The molecule has 0 aliphatic carbocycles. The second kappa shape index (κ2) is 6.83. The number of nitrogens with one attached hydrogen (secondary N) is 1. The van der Waals surface area contributed by atoms with E-state index in [1.807, 2.05) is 13.0 Å². The molecule has 1 amide bonds. The van der Waals surface area contributed by atoms with E-state index in [0.717, 1.165) is 30.0 Å². The van der Waals surface area contributed by atoms with Crippen LogP contribution in [0.1, 0.15) is 30.0 Å². The van der Waals surface area contributed by atoms with E-state index < -0.39 is 6.04 Å². The van der Waals surface area contributed by atoms with Gasteiger partial charge in [-0.15, -0.1) is 0 Å². The molecule has 0 spiro atoms. The second-order valence-corrected chi connectivity index (χ2v) is 5.53.